The molecule has 8 atom stereocenters. The van der Waals surface area contributed by atoms with Crippen molar-refractivity contribution < 1.29 is 9.59 Å². The van der Waals surface area contributed by atoms with Crippen LogP contribution >= 0.6 is 0 Å². The van der Waals surface area contributed by atoms with E-state index in [1.54, 1.807) is 0 Å². The third kappa shape index (κ3) is 2.80. The Morgan fingerprint density at radius 3 is 2.24 bits per heavy atom. The summed E-state index contributed by atoms with van der Waals surface area (Å²) >= 11 is 0. The molecule has 0 aromatic heterocycles. The molecule has 0 heterocycles. The monoisotopic (exact) mass is 465 g/mol. The predicted molar refractivity (Wildman–Crippen MR) is 137 cm³/mol. The second-order valence-corrected chi connectivity index (χ2v) is 14.7. The number of hydrogen-bond donors (Lipinski definition) is 0. The van der Waals surface area contributed by atoms with Crippen molar-refractivity contribution >= 4 is 11.9 Å². The second-order valence-electron chi connectivity index (χ2n) is 14.7. The van der Waals surface area contributed by atoms with Gasteiger partial charge in [0.2, 0.25) is 6.08 Å². The number of carbonyl (C=O) groups excluding carboxylic acids is 2. The summed E-state index contributed by atoms with van der Waals surface area (Å²) in [5.74, 6) is 3.10. The predicted octanol–water partition coefficient (Wildman–Crippen LogP) is 7.69. The first kappa shape index (κ1) is 24.5. The summed E-state index contributed by atoms with van der Waals surface area (Å²) in [6.07, 6.45) is 11.9. The molecule has 4 fully saturated rings. The van der Waals surface area contributed by atoms with Gasteiger partial charge in [-0.05, 0) is 114 Å². The zero-order valence-corrected chi connectivity index (χ0v) is 23.0. The van der Waals surface area contributed by atoms with E-state index in [9.17, 15) is 9.59 Å². The lowest BCUT2D eigenvalue weighted by Gasteiger charge is -2.72. The summed E-state index contributed by atoms with van der Waals surface area (Å²) in [4.78, 5) is 29.3. The number of fused-ring (bicyclic) bond motifs is 7. The van der Waals surface area contributed by atoms with Crippen molar-refractivity contribution in [1.82, 2.24) is 0 Å². The fraction of sp³-hybridized carbons (Fsp3) is 0.871. The first-order chi connectivity index (χ1) is 15.8. The zero-order chi connectivity index (χ0) is 24.9. The van der Waals surface area contributed by atoms with Crippen LogP contribution in [0.1, 0.15) is 113 Å². The van der Waals surface area contributed by atoms with Crippen LogP contribution in [0.3, 0.4) is 0 Å². The highest BCUT2D eigenvalue weighted by atomic mass is 16.1. The Labute approximate surface area is 207 Å². The van der Waals surface area contributed by atoms with Gasteiger partial charge in [-0.2, -0.15) is 4.99 Å². The van der Waals surface area contributed by atoms with E-state index in [4.69, 9.17) is 0 Å². The maximum Gasteiger partial charge on any atom is 0.235 e. The number of carbonyl (C=O) groups is 1. The normalized spacial score (nSPS) is 49.6. The van der Waals surface area contributed by atoms with Gasteiger partial charge in [0.1, 0.15) is 5.54 Å². The van der Waals surface area contributed by atoms with Crippen LogP contribution in [-0.2, 0) is 9.59 Å². The highest BCUT2D eigenvalue weighted by Crippen LogP contribution is 2.76. The van der Waals surface area contributed by atoms with E-state index in [-0.39, 0.29) is 22.5 Å². The van der Waals surface area contributed by atoms with Gasteiger partial charge in [-0.3, -0.25) is 4.79 Å². The molecule has 0 spiro atoms. The minimum absolute atomic E-state index is 0.152. The average molecular weight is 466 g/mol. The van der Waals surface area contributed by atoms with Crippen molar-refractivity contribution in [3.05, 3.63) is 11.1 Å². The van der Waals surface area contributed by atoms with E-state index < -0.39 is 5.54 Å². The molecule has 4 saturated carbocycles. The Kier molecular flexibility index (Phi) is 5.33. The number of isocyanates is 1. The van der Waals surface area contributed by atoms with Gasteiger partial charge in [0.25, 0.3) is 0 Å². The molecule has 5 aliphatic carbocycles. The van der Waals surface area contributed by atoms with Crippen molar-refractivity contribution in [3.8, 4) is 0 Å². The molecule has 3 nitrogen and oxygen atoms in total. The number of aliphatic imine (C=N–C) groups is 1. The number of allylic oxidation sites excluding steroid dienone is 1. The molecular formula is C31H47NO2. The van der Waals surface area contributed by atoms with Gasteiger partial charge >= 0.3 is 0 Å². The molecule has 0 bridgehead atoms. The maximum atomic E-state index is 13.3. The van der Waals surface area contributed by atoms with Gasteiger partial charge in [0, 0.05) is 6.42 Å². The van der Waals surface area contributed by atoms with E-state index >= 15 is 0 Å². The summed E-state index contributed by atoms with van der Waals surface area (Å²) in [5.41, 5.74) is 2.87. The number of Topliss-reactive ketones (excluding diaryl/α,β-unsaturated/α-hetero) is 1. The molecule has 5 rings (SSSR count). The van der Waals surface area contributed by atoms with E-state index in [2.05, 4.69) is 60.4 Å². The molecule has 0 N–H and O–H groups in total. The smallest absolute Gasteiger partial charge is 0.235 e. The number of ketones is 1. The molecule has 34 heavy (non-hydrogen) atoms. The van der Waals surface area contributed by atoms with Crippen molar-refractivity contribution in [3.63, 3.8) is 0 Å². The highest BCUT2D eigenvalue weighted by molar-refractivity contribution is 6.01. The number of hydrogen-bond acceptors (Lipinski definition) is 3. The van der Waals surface area contributed by atoms with Crippen LogP contribution in [0, 0.1) is 51.2 Å². The maximum absolute atomic E-state index is 13.3. The molecule has 0 unspecified atom stereocenters. The Balaban J connectivity index is 1.62. The molecule has 5 aliphatic rings. The molecule has 0 aliphatic heterocycles. The van der Waals surface area contributed by atoms with Crippen LogP contribution in [0.25, 0.3) is 0 Å². The highest BCUT2D eigenvalue weighted by Gasteiger charge is 2.69. The van der Waals surface area contributed by atoms with Gasteiger partial charge in [0.05, 0.1) is 0 Å². The summed E-state index contributed by atoms with van der Waals surface area (Å²) in [6.45, 7) is 19.7. The largest absolute Gasteiger partial charge is 0.294 e. The van der Waals surface area contributed by atoms with E-state index in [1.807, 2.05) is 6.08 Å². The SMILES string of the molecule is CC(C)C1=C2[C@H]3CC[C@@H]4[C@@]5(C)CC[C@H](C)C(C)(C)[C@@H]5CC[C@@]4(C)[C@]3(C)CC[C@@]2(N=C=O)CC1=O. The molecule has 0 radical (unpaired) electrons. The van der Waals surface area contributed by atoms with Gasteiger partial charge in [0.15, 0.2) is 5.78 Å². The second kappa shape index (κ2) is 7.41. The van der Waals surface area contributed by atoms with Crippen LogP contribution in [0.5, 0.6) is 0 Å². The molecule has 0 aromatic carbocycles. The quantitative estimate of drug-likeness (QED) is 0.310. The van der Waals surface area contributed by atoms with Gasteiger partial charge in [-0.1, -0.05) is 55.4 Å². The lowest BCUT2D eigenvalue weighted by Crippen LogP contribution is -2.65. The van der Waals surface area contributed by atoms with Gasteiger partial charge in [-0.25, -0.2) is 4.79 Å². The lowest BCUT2D eigenvalue weighted by molar-refractivity contribution is -0.217. The third-order valence-corrected chi connectivity index (χ3v) is 13.2. The minimum atomic E-state index is -0.602. The van der Waals surface area contributed by atoms with Crippen molar-refractivity contribution in [2.24, 2.45) is 56.2 Å². The van der Waals surface area contributed by atoms with Crippen LogP contribution in [-0.4, -0.2) is 17.4 Å². The fourth-order valence-corrected chi connectivity index (χ4v) is 11.0. The molecule has 188 valence electrons. The van der Waals surface area contributed by atoms with Crippen LogP contribution in [0.4, 0.5) is 0 Å². The fourth-order valence-electron chi connectivity index (χ4n) is 11.0. The van der Waals surface area contributed by atoms with Crippen molar-refractivity contribution in [2.75, 3.05) is 0 Å². The van der Waals surface area contributed by atoms with Gasteiger partial charge in [-0.15, -0.1) is 0 Å². The first-order valence-electron chi connectivity index (χ1n) is 14.2. The Morgan fingerprint density at radius 2 is 1.59 bits per heavy atom. The topological polar surface area (TPSA) is 46.5 Å². The minimum Gasteiger partial charge on any atom is -0.294 e. The van der Waals surface area contributed by atoms with Crippen LogP contribution in [0.2, 0.25) is 0 Å². The molecule has 0 aromatic rings. The molecule has 3 heteroatoms. The van der Waals surface area contributed by atoms with Crippen LogP contribution < -0.4 is 0 Å². The van der Waals surface area contributed by atoms with E-state index in [0.29, 0.717) is 23.2 Å². The molecule has 0 saturated heterocycles. The summed E-state index contributed by atoms with van der Waals surface area (Å²) < 4.78 is 0. The zero-order valence-electron chi connectivity index (χ0n) is 23.0. The van der Waals surface area contributed by atoms with E-state index in [1.165, 1.54) is 37.7 Å². The Bertz CT molecular complexity index is 985. The standard InChI is InChI=1S/C31H47NO2/c1-19(2)25-22(34)17-31(32-18-33)16-15-29(7)21(26(25)31)9-10-24-28(6)13-11-20(3)27(4,5)23(28)12-14-30(24,29)8/h19-21,23-24H,9-17H2,1-8H3/t20-,21+,23-,24+,28-,29+,30+,31+/m0/s1. The number of rotatable bonds is 2. The number of nitrogens with zero attached hydrogens (tertiary/aromatic N) is 1. The van der Waals surface area contributed by atoms with E-state index in [0.717, 1.165) is 42.6 Å². The Morgan fingerprint density at radius 1 is 0.882 bits per heavy atom. The summed E-state index contributed by atoms with van der Waals surface area (Å²) in [6, 6.07) is 0. The van der Waals surface area contributed by atoms with Crippen molar-refractivity contribution in [1.29, 1.82) is 0 Å². The Hall–Kier alpha value is -1.21. The lowest BCUT2D eigenvalue weighted by atomic mass is 9.33. The summed E-state index contributed by atoms with van der Waals surface area (Å²) in [7, 11) is 0. The molecule has 0 amide bonds. The van der Waals surface area contributed by atoms with Crippen molar-refractivity contribution in [2.45, 2.75) is 119 Å². The van der Waals surface area contributed by atoms with Crippen LogP contribution in [0.15, 0.2) is 16.1 Å². The molecular weight excluding hydrogens is 418 g/mol. The first-order valence-corrected chi connectivity index (χ1v) is 14.2. The summed E-state index contributed by atoms with van der Waals surface area (Å²) in [5, 5.41) is 0. The van der Waals surface area contributed by atoms with Gasteiger partial charge < -0.3 is 0 Å². The average Bonchev–Trinajstić information content (AvgIpc) is 3.04. The third-order valence-electron chi connectivity index (χ3n) is 13.2.